The third kappa shape index (κ3) is 7.39. The lowest BCUT2D eigenvalue weighted by Crippen LogP contribution is -2.39. The van der Waals surface area contributed by atoms with E-state index in [1.807, 2.05) is 0 Å². The minimum Gasteiger partial charge on any atom is -0.469 e. The second-order valence-corrected chi connectivity index (χ2v) is 5.89. The van der Waals surface area contributed by atoms with E-state index in [2.05, 4.69) is 10.1 Å². The van der Waals surface area contributed by atoms with Gasteiger partial charge in [0.1, 0.15) is 5.75 Å². The minimum absolute atomic E-state index is 0.0457. The summed E-state index contributed by atoms with van der Waals surface area (Å²) in [5.41, 5.74) is 0. The molecule has 6 nitrogen and oxygen atoms in total. The fourth-order valence-electron chi connectivity index (χ4n) is 1.29. The van der Waals surface area contributed by atoms with Crippen LogP contribution in [0, 0.1) is 0 Å². The van der Waals surface area contributed by atoms with Crippen LogP contribution in [0.15, 0.2) is 0 Å². The molecule has 0 fully saturated rings. The maximum absolute atomic E-state index is 11.8. The van der Waals surface area contributed by atoms with Crippen molar-refractivity contribution < 1.29 is 23.3 Å². The summed E-state index contributed by atoms with van der Waals surface area (Å²) >= 11 is 0. The number of ether oxygens (including phenoxy) is 2. The summed E-state index contributed by atoms with van der Waals surface area (Å²) < 4.78 is 21.1. The average molecular weight is 279 g/mol. The van der Waals surface area contributed by atoms with Gasteiger partial charge in [-0.25, -0.2) is 0 Å². The number of rotatable bonds is 8. The molecule has 0 spiro atoms. The normalized spacial score (nSPS) is 15.6. The Kier molecular flexibility index (Phi) is 8.57. The highest BCUT2D eigenvalue weighted by atomic mass is 32.2. The molecule has 0 aliphatic rings. The van der Waals surface area contributed by atoms with Gasteiger partial charge in [0.25, 0.3) is 0 Å². The number of hydrogen-bond donors (Lipinski definition) is 1. The predicted octanol–water partition coefficient (Wildman–Crippen LogP) is -0.162. The van der Waals surface area contributed by atoms with Crippen LogP contribution in [-0.2, 0) is 29.9 Å². The van der Waals surface area contributed by atoms with Gasteiger partial charge in [0, 0.05) is 29.2 Å². The van der Waals surface area contributed by atoms with Crippen molar-refractivity contribution in [2.75, 3.05) is 26.6 Å². The van der Waals surface area contributed by atoms with Crippen LogP contribution in [0.5, 0.6) is 0 Å². The van der Waals surface area contributed by atoms with Gasteiger partial charge in [-0.1, -0.05) is 6.92 Å². The number of hydrogen-bond acceptors (Lipinski definition) is 5. The molecule has 3 atom stereocenters. The Morgan fingerprint density at radius 2 is 1.89 bits per heavy atom. The molecule has 7 heteroatoms. The number of nitrogens with one attached hydrogen (secondary N) is 1. The molecule has 0 saturated heterocycles. The molecular formula is C11H21NO5S. The maximum atomic E-state index is 11.8. The molecule has 1 N–H and O–H groups in total. The van der Waals surface area contributed by atoms with Gasteiger partial charge in [-0.15, -0.1) is 0 Å². The van der Waals surface area contributed by atoms with E-state index in [4.69, 9.17) is 4.74 Å². The first-order valence-corrected chi connectivity index (χ1v) is 7.01. The van der Waals surface area contributed by atoms with Crippen molar-refractivity contribution in [1.82, 2.24) is 5.32 Å². The molecule has 0 radical (unpaired) electrons. The molecular weight excluding hydrogens is 258 g/mol. The topological polar surface area (TPSA) is 81.7 Å². The fourth-order valence-corrected chi connectivity index (χ4v) is 2.24. The van der Waals surface area contributed by atoms with Crippen molar-refractivity contribution in [1.29, 1.82) is 0 Å². The molecule has 0 aromatic rings. The molecule has 0 rings (SSSR count). The number of carbonyl (C=O) groups is 2. The van der Waals surface area contributed by atoms with E-state index in [0.29, 0.717) is 6.61 Å². The Balaban J connectivity index is 4.06. The Labute approximate surface area is 110 Å². The first kappa shape index (κ1) is 17.1. The van der Waals surface area contributed by atoms with Gasteiger partial charge in [-0.2, -0.15) is 0 Å². The summed E-state index contributed by atoms with van der Waals surface area (Å²) in [6.07, 6.45) is 0.0457. The zero-order valence-electron chi connectivity index (χ0n) is 11.2. The molecule has 0 aromatic carbocycles. The second kappa shape index (κ2) is 9.04. The quantitative estimate of drug-likeness (QED) is 0.624. The first-order chi connectivity index (χ1) is 8.40. The van der Waals surface area contributed by atoms with E-state index in [1.165, 1.54) is 7.11 Å². The Bertz CT molecular complexity index is 308. The van der Waals surface area contributed by atoms with Crippen LogP contribution < -0.4 is 5.32 Å². The largest absolute Gasteiger partial charge is 0.469 e. The van der Waals surface area contributed by atoms with Crippen LogP contribution in [0.25, 0.3) is 0 Å². The number of esters is 1. The molecule has 18 heavy (non-hydrogen) atoms. The first-order valence-electron chi connectivity index (χ1n) is 5.63. The molecule has 0 aliphatic carbocycles. The molecule has 1 amide bonds. The zero-order valence-corrected chi connectivity index (χ0v) is 12.0. The van der Waals surface area contributed by atoms with Gasteiger partial charge >= 0.3 is 5.97 Å². The molecule has 3 unspecified atom stereocenters. The van der Waals surface area contributed by atoms with E-state index >= 15 is 0 Å². The van der Waals surface area contributed by atoms with Crippen molar-refractivity contribution in [3.05, 3.63) is 0 Å². The van der Waals surface area contributed by atoms with E-state index < -0.39 is 22.0 Å². The summed E-state index contributed by atoms with van der Waals surface area (Å²) in [7, 11) is 1.42. The lowest BCUT2D eigenvalue weighted by atomic mass is 10.3. The summed E-state index contributed by atoms with van der Waals surface area (Å²) in [6.45, 7) is 3.84. The smallest absolute Gasteiger partial charge is 0.306 e. The van der Waals surface area contributed by atoms with Gasteiger partial charge in [0.05, 0.1) is 20.1 Å². The molecule has 0 bridgehead atoms. The molecule has 0 aliphatic heterocycles. The van der Waals surface area contributed by atoms with Gasteiger partial charge in [0.15, 0.2) is 0 Å². The molecule has 106 valence electrons. The minimum atomic E-state index is -1.39. The standard InChI is InChI=1S/C11H21NO5S/c1-8(6-16-3)12-10(13)7-18(15)9(2)5-11(14)17-4/h8-9H,5-7H2,1-4H3,(H,12,13). The monoisotopic (exact) mass is 279 g/mol. The van der Waals surface area contributed by atoms with E-state index in [-0.39, 0.29) is 24.1 Å². The van der Waals surface area contributed by atoms with Crippen molar-refractivity contribution in [2.45, 2.75) is 31.6 Å². The summed E-state index contributed by atoms with van der Waals surface area (Å²) in [4.78, 5) is 22.5. The highest BCUT2D eigenvalue weighted by Gasteiger charge is 2.19. The van der Waals surface area contributed by atoms with E-state index in [1.54, 1.807) is 21.0 Å². The Hall–Kier alpha value is -0.950. The van der Waals surface area contributed by atoms with E-state index in [0.717, 1.165) is 0 Å². The van der Waals surface area contributed by atoms with Gasteiger partial charge in [-0.3, -0.25) is 13.8 Å². The van der Waals surface area contributed by atoms with Crippen LogP contribution >= 0.6 is 0 Å². The van der Waals surface area contributed by atoms with Crippen LogP contribution in [0.4, 0.5) is 0 Å². The average Bonchev–Trinajstić information content (AvgIpc) is 2.28. The van der Waals surface area contributed by atoms with E-state index in [9.17, 15) is 13.8 Å². The van der Waals surface area contributed by atoms with Gasteiger partial charge < -0.3 is 14.8 Å². The Morgan fingerprint density at radius 3 is 2.39 bits per heavy atom. The van der Waals surface area contributed by atoms with Crippen LogP contribution in [0.3, 0.4) is 0 Å². The van der Waals surface area contributed by atoms with Gasteiger partial charge in [-0.05, 0) is 6.92 Å². The van der Waals surface area contributed by atoms with Gasteiger partial charge in [0.2, 0.25) is 5.91 Å². The number of carbonyl (C=O) groups excluding carboxylic acids is 2. The predicted molar refractivity (Wildman–Crippen MR) is 68.6 cm³/mol. The number of methoxy groups -OCH3 is 2. The van der Waals surface area contributed by atoms with Crippen LogP contribution in [0.1, 0.15) is 20.3 Å². The summed E-state index contributed by atoms with van der Waals surface area (Å²) in [6, 6.07) is -0.129. The van der Waals surface area contributed by atoms with Crippen LogP contribution in [-0.4, -0.2) is 54.0 Å². The van der Waals surface area contributed by atoms with Crippen molar-refractivity contribution >= 4 is 22.7 Å². The third-order valence-corrected chi connectivity index (χ3v) is 3.84. The van der Waals surface area contributed by atoms with Crippen molar-refractivity contribution in [3.63, 3.8) is 0 Å². The highest BCUT2D eigenvalue weighted by Crippen LogP contribution is 2.03. The summed E-state index contributed by atoms with van der Waals surface area (Å²) in [5.74, 6) is -0.856. The highest BCUT2D eigenvalue weighted by molar-refractivity contribution is 7.86. The maximum Gasteiger partial charge on any atom is 0.306 e. The number of amides is 1. The lowest BCUT2D eigenvalue weighted by Gasteiger charge is -2.14. The SMILES string of the molecule is COCC(C)NC(=O)CS(=O)C(C)CC(=O)OC. The molecule has 0 heterocycles. The summed E-state index contributed by atoms with van der Waals surface area (Å²) in [5, 5.41) is 2.26. The fraction of sp³-hybridized carbons (Fsp3) is 0.818. The van der Waals surface area contributed by atoms with Crippen molar-refractivity contribution in [3.8, 4) is 0 Å². The second-order valence-electron chi connectivity index (χ2n) is 4.04. The lowest BCUT2D eigenvalue weighted by molar-refractivity contribution is -0.140. The van der Waals surface area contributed by atoms with Crippen molar-refractivity contribution in [2.24, 2.45) is 0 Å². The third-order valence-electron chi connectivity index (χ3n) is 2.23. The Morgan fingerprint density at radius 1 is 1.28 bits per heavy atom. The zero-order chi connectivity index (χ0) is 14.1. The molecule has 0 saturated carbocycles. The molecule has 0 aromatic heterocycles. The van der Waals surface area contributed by atoms with Crippen LogP contribution in [0.2, 0.25) is 0 Å².